The van der Waals surface area contributed by atoms with Gasteiger partial charge in [0.15, 0.2) is 0 Å². The maximum absolute atomic E-state index is 9.59. The van der Waals surface area contributed by atoms with Crippen LogP contribution in [0.25, 0.3) is 0 Å². The first-order valence-electron chi connectivity index (χ1n) is 6.54. The van der Waals surface area contributed by atoms with E-state index in [2.05, 4.69) is 42.6 Å². The maximum Gasteiger partial charge on any atom is 0.133 e. The fourth-order valence-corrected chi connectivity index (χ4v) is 2.72. The monoisotopic (exact) mass is 248 g/mol. The minimum absolute atomic E-state index is 0.501. The van der Waals surface area contributed by atoms with Crippen molar-refractivity contribution in [2.45, 2.75) is 25.3 Å². The number of nitrogens with one attached hydrogen (secondary N) is 1. The number of fused-ring (bicyclic) bond motifs is 1. The van der Waals surface area contributed by atoms with Gasteiger partial charge in [0, 0.05) is 18.5 Å². The third kappa shape index (κ3) is 2.20. The number of hydrogen-bond donors (Lipinski definition) is 1. The number of nitrogens with zero attached hydrogens (tertiary/aromatic N) is 1. The zero-order chi connectivity index (χ0) is 13.3. The third-order valence-corrected chi connectivity index (χ3v) is 3.75. The van der Waals surface area contributed by atoms with E-state index in [4.69, 9.17) is 0 Å². The highest BCUT2D eigenvalue weighted by Crippen LogP contribution is 2.32. The zero-order valence-electron chi connectivity index (χ0n) is 11.0. The highest BCUT2D eigenvalue weighted by atomic mass is 15.0. The number of benzene rings is 2. The summed E-state index contributed by atoms with van der Waals surface area (Å²) in [6, 6.07) is 19.0. The average Bonchev–Trinajstić information content (AvgIpc) is 2.80. The van der Waals surface area contributed by atoms with Crippen LogP contribution >= 0.6 is 0 Å². The number of hydrogen-bond acceptors (Lipinski definition) is 2. The molecule has 0 radical (unpaired) electrons. The summed E-state index contributed by atoms with van der Waals surface area (Å²) in [5, 5.41) is 13.0. The van der Waals surface area contributed by atoms with Crippen molar-refractivity contribution in [2.75, 3.05) is 5.32 Å². The molecule has 0 saturated carbocycles. The van der Waals surface area contributed by atoms with Gasteiger partial charge in [0.1, 0.15) is 5.54 Å². The van der Waals surface area contributed by atoms with Crippen molar-refractivity contribution in [1.82, 2.24) is 0 Å². The lowest BCUT2D eigenvalue weighted by molar-refractivity contribution is 0.628. The molecule has 0 fully saturated rings. The Morgan fingerprint density at radius 3 is 2.11 bits per heavy atom. The Kier molecular flexibility index (Phi) is 2.76. The fourth-order valence-electron chi connectivity index (χ4n) is 2.72. The molecule has 0 saturated heterocycles. The van der Waals surface area contributed by atoms with Gasteiger partial charge in [0.05, 0.1) is 6.07 Å². The van der Waals surface area contributed by atoms with Crippen molar-refractivity contribution in [3.63, 3.8) is 0 Å². The molecule has 2 nitrogen and oxygen atoms in total. The van der Waals surface area contributed by atoms with E-state index in [1.165, 1.54) is 16.7 Å². The van der Waals surface area contributed by atoms with Crippen molar-refractivity contribution >= 4 is 5.69 Å². The molecule has 2 aromatic rings. The lowest BCUT2D eigenvalue weighted by Crippen LogP contribution is -2.37. The number of anilines is 1. The van der Waals surface area contributed by atoms with Crippen LogP contribution in [0.5, 0.6) is 0 Å². The number of rotatable bonds is 2. The van der Waals surface area contributed by atoms with E-state index in [0.717, 1.165) is 18.5 Å². The summed E-state index contributed by atoms with van der Waals surface area (Å²) in [4.78, 5) is 0. The molecule has 3 rings (SSSR count). The highest BCUT2D eigenvalue weighted by molar-refractivity contribution is 5.53. The second kappa shape index (κ2) is 4.44. The molecule has 0 unspecified atom stereocenters. The maximum atomic E-state index is 9.59. The van der Waals surface area contributed by atoms with Crippen molar-refractivity contribution in [2.24, 2.45) is 0 Å². The number of nitriles is 1. The van der Waals surface area contributed by atoms with Crippen molar-refractivity contribution in [1.29, 1.82) is 5.26 Å². The largest absolute Gasteiger partial charge is 0.367 e. The average molecular weight is 248 g/mol. The van der Waals surface area contributed by atoms with Crippen molar-refractivity contribution < 1.29 is 0 Å². The van der Waals surface area contributed by atoms with E-state index < -0.39 is 5.54 Å². The molecule has 1 aliphatic carbocycles. The van der Waals surface area contributed by atoms with Gasteiger partial charge in [0.25, 0.3) is 0 Å². The molecule has 0 aromatic heterocycles. The Labute approximate surface area is 113 Å². The Morgan fingerprint density at radius 1 is 1.00 bits per heavy atom. The summed E-state index contributed by atoms with van der Waals surface area (Å²) < 4.78 is 0. The van der Waals surface area contributed by atoms with E-state index in [1.807, 2.05) is 24.3 Å². The molecule has 0 amide bonds. The first-order chi connectivity index (χ1) is 9.21. The van der Waals surface area contributed by atoms with Gasteiger partial charge in [-0.15, -0.1) is 0 Å². The van der Waals surface area contributed by atoms with Gasteiger partial charge in [-0.25, -0.2) is 0 Å². The Morgan fingerprint density at radius 2 is 1.58 bits per heavy atom. The predicted molar refractivity (Wildman–Crippen MR) is 77.0 cm³/mol. The normalized spacial score (nSPS) is 15.6. The summed E-state index contributed by atoms with van der Waals surface area (Å²) in [6.07, 6.45) is 1.54. The van der Waals surface area contributed by atoms with Gasteiger partial charge >= 0.3 is 0 Å². The zero-order valence-corrected chi connectivity index (χ0v) is 11.0. The van der Waals surface area contributed by atoms with Crippen molar-refractivity contribution in [3.05, 3.63) is 65.2 Å². The molecule has 0 heterocycles. The van der Waals surface area contributed by atoms with Crippen LogP contribution in [0.15, 0.2) is 48.5 Å². The summed E-state index contributed by atoms with van der Waals surface area (Å²) in [5.41, 5.74) is 4.30. The molecule has 0 atom stereocenters. The van der Waals surface area contributed by atoms with Gasteiger partial charge in [0.2, 0.25) is 0 Å². The Hall–Kier alpha value is -2.27. The Balaban J connectivity index is 1.87. The topological polar surface area (TPSA) is 35.8 Å². The van der Waals surface area contributed by atoms with Crippen LogP contribution < -0.4 is 5.32 Å². The quantitative estimate of drug-likeness (QED) is 0.883. The van der Waals surface area contributed by atoms with Crippen LogP contribution in [-0.2, 0) is 12.8 Å². The molecule has 0 aliphatic heterocycles. The first kappa shape index (κ1) is 11.8. The van der Waals surface area contributed by atoms with E-state index >= 15 is 0 Å². The standard InChI is InChI=1S/C17H16N2/c1-13-6-8-16(9-7-13)19-17(12-18)10-14-4-2-3-5-15(14)11-17/h2-9,19H,10-11H2,1H3. The second-order valence-electron chi connectivity index (χ2n) is 5.31. The smallest absolute Gasteiger partial charge is 0.133 e. The molecule has 0 spiro atoms. The predicted octanol–water partition coefficient (Wildman–Crippen LogP) is 3.47. The minimum atomic E-state index is -0.501. The van der Waals surface area contributed by atoms with E-state index in [-0.39, 0.29) is 0 Å². The molecule has 94 valence electrons. The number of aryl methyl sites for hydroxylation is 1. The lowest BCUT2D eigenvalue weighted by atomic mass is 9.97. The van der Waals surface area contributed by atoms with E-state index in [1.54, 1.807) is 0 Å². The minimum Gasteiger partial charge on any atom is -0.367 e. The first-order valence-corrected chi connectivity index (χ1v) is 6.54. The van der Waals surface area contributed by atoms with Crippen molar-refractivity contribution in [3.8, 4) is 6.07 Å². The van der Waals surface area contributed by atoms with E-state index in [0.29, 0.717) is 0 Å². The molecular weight excluding hydrogens is 232 g/mol. The van der Waals surface area contributed by atoms with Crippen LogP contribution in [0.2, 0.25) is 0 Å². The Bertz CT molecular complexity index is 610. The summed E-state index contributed by atoms with van der Waals surface area (Å²) in [6.45, 7) is 2.06. The highest BCUT2D eigenvalue weighted by Gasteiger charge is 2.37. The van der Waals surface area contributed by atoms with Crippen LogP contribution in [-0.4, -0.2) is 5.54 Å². The molecule has 0 bridgehead atoms. The third-order valence-electron chi connectivity index (χ3n) is 3.75. The summed E-state index contributed by atoms with van der Waals surface area (Å²) >= 11 is 0. The molecular formula is C17H16N2. The second-order valence-corrected chi connectivity index (χ2v) is 5.31. The van der Waals surface area contributed by atoms with Gasteiger partial charge in [-0.1, -0.05) is 42.0 Å². The van der Waals surface area contributed by atoms with Gasteiger partial charge in [-0.2, -0.15) is 5.26 Å². The molecule has 1 aliphatic rings. The molecule has 19 heavy (non-hydrogen) atoms. The van der Waals surface area contributed by atoms with Crippen LogP contribution in [0.1, 0.15) is 16.7 Å². The molecule has 1 N–H and O–H groups in total. The van der Waals surface area contributed by atoms with Gasteiger partial charge in [-0.3, -0.25) is 0 Å². The SMILES string of the molecule is Cc1ccc(NC2(C#N)Cc3ccccc3C2)cc1. The van der Waals surface area contributed by atoms with E-state index in [9.17, 15) is 5.26 Å². The summed E-state index contributed by atoms with van der Waals surface area (Å²) in [5.74, 6) is 0. The molecule has 2 heteroatoms. The fraction of sp³-hybridized carbons (Fsp3) is 0.235. The van der Waals surface area contributed by atoms with Crippen LogP contribution in [0.4, 0.5) is 5.69 Å². The summed E-state index contributed by atoms with van der Waals surface area (Å²) in [7, 11) is 0. The van der Waals surface area contributed by atoms with Gasteiger partial charge in [-0.05, 0) is 30.2 Å². The van der Waals surface area contributed by atoms with Gasteiger partial charge < -0.3 is 5.32 Å². The van der Waals surface area contributed by atoms with Crippen LogP contribution in [0, 0.1) is 18.3 Å². The van der Waals surface area contributed by atoms with Crippen LogP contribution in [0.3, 0.4) is 0 Å². The lowest BCUT2D eigenvalue weighted by Gasteiger charge is -2.23. The molecule has 2 aromatic carbocycles.